The van der Waals surface area contributed by atoms with Gasteiger partial charge in [0.05, 0.1) is 16.7 Å². The van der Waals surface area contributed by atoms with Crippen LogP contribution >= 0.6 is 11.3 Å². The molecule has 3 unspecified atom stereocenters. The van der Waals surface area contributed by atoms with Gasteiger partial charge in [0.25, 0.3) is 0 Å². The Morgan fingerprint density at radius 1 is 1.62 bits per heavy atom. The first kappa shape index (κ1) is 11.9. The second-order valence-corrected chi connectivity index (χ2v) is 5.98. The zero-order valence-corrected chi connectivity index (χ0v) is 11.2. The minimum absolute atomic E-state index is 0.403. The van der Waals surface area contributed by atoms with Crippen LogP contribution in [-0.2, 0) is 0 Å². The van der Waals surface area contributed by atoms with Gasteiger partial charge in [-0.1, -0.05) is 18.3 Å². The van der Waals surface area contributed by atoms with E-state index in [1.54, 1.807) is 18.3 Å². The van der Waals surface area contributed by atoms with Gasteiger partial charge in [-0.25, -0.2) is 4.98 Å². The molecule has 1 heterocycles. The van der Waals surface area contributed by atoms with Crippen LogP contribution in [-0.4, -0.2) is 23.7 Å². The molecule has 1 fully saturated rings. The molecule has 1 N–H and O–H groups in total. The van der Waals surface area contributed by atoms with E-state index in [2.05, 4.69) is 23.9 Å². The van der Waals surface area contributed by atoms with Crippen LogP contribution < -0.4 is 4.90 Å². The molecule has 90 valence electrons. The fourth-order valence-electron chi connectivity index (χ4n) is 2.03. The first-order chi connectivity index (χ1) is 7.49. The zero-order chi connectivity index (χ0) is 11.9. The molecule has 16 heavy (non-hydrogen) atoms. The van der Waals surface area contributed by atoms with E-state index >= 15 is 0 Å². The third kappa shape index (κ3) is 2.38. The molecule has 4 heteroatoms. The van der Waals surface area contributed by atoms with E-state index in [-0.39, 0.29) is 0 Å². The number of aliphatic hydroxyl groups is 1. The van der Waals surface area contributed by atoms with Gasteiger partial charge in [0.1, 0.15) is 0 Å². The number of aryl methyl sites for hydroxylation is 1. The van der Waals surface area contributed by atoms with Crippen LogP contribution in [0.5, 0.6) is 0 Å². The molecule has 0 amide bonds. The van der Waals surface area contributed by atoms with Gasteiger partial charge < -0.3 is 10.0 Å². The average molecular weight is 240 g/mol. The molecule has 1 aliphatic carbocycles. The van der Waals surface area contributed by atoms with Crippen molar-refractivity contribution in [3.05, 3.63) is 10.6 Å². The SMILES string of the molecule is Cc1nc(N(C)CC2CC2C)sc1C(C)O. The lowest BCUT2D eigenvalue weighted by Gasteiger charge is -2.15. The number of hydrogen-bond acceptors (Lipinski definition) is 4. The average Bonchev–Trinajstić information content (AvgIpc) is 2.74. The van der Waals surface area contributed by atoms with Crippen LogP contribution in [0.25, 0.3) is 0 Å². The molecule has 0 spiro atoms. The van der Waals surface area contributed by atoms with E-state index in [1.807, 2.05) is 6.92 Å². The molecule has 0 aromatic carbocycles. The molecule has 0 bridgehead atoms. The van der Waals surface area contributed by atoms with Crippen LogP contribution in [0.2, 0.25) is 0 Å². The van der Waals surface area contributed by atoms with Gasteiger partial charge >= 0.3 is 0 Å². The number of nitrogens with zero attached hydrogens (tertiary/aromatic N) is 2. The van der Waals surface area contributed by atoms with Crippen molar-refractivity contribution in [1.29, 1.82) is 0 Å². The standard InChI is InChI=1S/C12H20N2OS/c1-7-5-10(7)6-14(4)12-13-8(2)11(16-12)9(3)15/h7,9-10,15H,5-6H2,1-4H3. The van der Waals surface area contributed by atoms with Crippen LogP contribution in [0, 0.1) is 18.8 Å². The van der Waals surface area contributed by atoms with Gasteiger partial charge in [0.2, 0.25) is 0 Å². The van der Waals surface area contributed by atoms with Crippen molar-refractivity contribution >= 4 is 16.5 Å². The van der Waals surface area contributed by atoms with Gasteiger partial charge in [-0.05, 0) is 32.1 Å². The molecule has 1 aromatic rings. The van der Waals surface area contributed by atoms with Crippen LogP contribution in [0.3, 0.4) is 0 Å². The molecule has 3 nitrogen and oxygen atoms in total. The second kappa shape index (κ2) is 4.34. The molecule has 1 aromatic heterocycles. The van der Waals surface area contributed by atoms with E-state index in [4.69, 9.17) is 0 Å². The summed E-state index contributed by atoms with van der Waals surface area (Å²) in [6, 6.07) is 0. The van der Waals surface area contributed by atoms with Crippen molar-refractivity contribution in [1.82, 2.24) is 4.98 Å². The molecular formula is C12H20N2OS. The minimum Gasteiger partial charge on any atom is -0.388 e. The minimum atomic E-state index is -0.403. The Bertz CT molecular complexity index is 375. The summed E-state index contributed by atoms with van der Waals surface area (Å²) >= 11 is 1.61. The van der Waals surface area contributed by atoms with Gasteiger partial charge in [0, 0.05) is 13.6 Å². The summed E-state index contributed by atoms with van der Waals surface area (Å²) in [6.07, 6.45) is 0.942. The van der Waals surface area contributed by atoms with E-state index in [0.29, 0.717) is 0 Å². The molecule has 0 saturated heterocycles. The Morgan fingerprint density at radius 3 is 2.69 bits per heavy atom. The van der Waals surface area contributed by atoms with Crippen molar-refractivity contribution in [2.45, 2.75) is 33.3 Å². The normalized spacial score (nSPS) is 25.6. The number of anilines is 1. The monoisotopic (exact) mass is 240 g/mol. The second-order valence-electron chi connectivity index (χ2n) is 4.98. The van der Waals surface area contributed by atoms with Crippen molar-refractivity contribution in [3.8, 4) is 0 Å². The maximum atomic E-state index is 9.59. The van der Waals surface area contributed by atoms with Crippen LogP contribution in [0.1, 0.15) is 36.9 Å². The van der Waals surface area contributed by atoms with Crippen molar-refractivity contribution < 1.29 is 5.11 Å². The molecule has 1 saturated carbocycles. The number of hydrogen-bond donors (Lipinski definition) is 1. The first-order valence-corrected chi connectivity index (χ1v) is 6.67. The third-order valence-corrected chi connectivity index (χ3v) is 4.75. The first-order valence-electron chi connectivity index (χ1n) is 5.85. The molecular weight excluding hydrogens is 220 g/mol. The Labute approximate surface area is 101 Å². The van der Waals surface area contributed by atoms with Crippen molar-refractivity contribution in [2.75, 3.05) is 18.5 Å². The summed E-state index contributed by atoms with van der Waals surface area (Å²) in [4.78, 5) is 7.73. The molecule has 2 rings (SSSR count). The van der Waals surface area contributed by atoms with Crippen LogP contribution in [0.15, 0.2) is 0 Å². The highest BCUT2D eigenvalue weighted by Gasteiger charge is 2.33. The largest absolute Gasteiger partial charge is 0.388 e. The van der Waals surface area contributed by atoms with Gasteiger partial charge in [-0.3, -0.25) is 0 Å². The summed E-state index contributed by atoms with van der Waals surface area (Å²) in [5.74, 6) is 1.71. The topological polar surface area (TPSA) is 36.4 Å². The lowest BCUT2D eigenvalue weighted by Crippen LogP contribution is -2.20. The summed E-state index contributed by atoms with van der Waals surface area (Å²) in [7, 11) is 2.09. The van der Waals surface area contributed by atoms with E-state index < -0.39 is 6.10 Å². The van der Waals surface area contributed by atoms with Crippen LogP contribution in [0.4, 0.5) is 5.13 Å². The predicted octanol–water partition coefficient (Wildman–Crippen LogP) is 2.60. The maximum Gasteiger partial charge on any atom is 0.185 e. The lowest BCUT2D eigenvalue weighted by molar-refractivity contribution is 0.202. The summed E-state index contributed by atoms with van der Waals surface area (Å²) < 4.78 is 0. The zero-order valence-electron chi connectivity index (χ0n) is 10.4. The fourth-order valence-corrected chi connectivity index (χ4v) is 3.00. The highest BCUT2D eigenvalue weighted by molar-refractivity contribution is 7.15. The number of rotatable bonds is 4. The Morgan fingerprint density at radius 2 is 2.25 bits per heavy atom. The predicted molar refractivity (Wildman–Crippen MR) is 68.0 cm³/mol. The Balaban J connectivity index is 2.05. The summed E-state index contributed by atoms with van der Waals surface area (Å²) in [5, 5.41) is 10.6. The highest BCUT2D eigenvalue weighted by Crippen LogP contribution is 2.39. The Hall–Kier alpha value is -0.610. The molecule has 3 atom stereocenters. The number of thiazole rings is 1. The lowest BCUT2D eigenvalue weighted by atomic mass is 10.3. The fraction of sp³-hybridized carbons (Fsp3) is 0.750. The maximum absolute atomic E-state index is 9.59. The third-order valence-electron chi connectivity index (χ3n) is 3.31. The summed E-state index contributed by atoms with van der Waals surface area (Å²) in [6.45, 7) is 7.16. The van der Waals surface area contributed by atoms with Crippen molar-refractivity contribution in [3.63, 3.8) is 0 Å². The summed E-state index contributed by atoms with van der Waals surface area (Å²) in [5.41, 5.74) is 0.964. The molecule has 0 radical (unpaired) electrons. The number of aliphatic hydroxyl groups excluding tert-OH is 1. The Kier molecular flexibility index (Phi) is 3.22. The number of aromatic nitrogens is 1. The van der Waals surface area contributed by atoms with Crippen molar-refractivity contribution in [2.24, 2.45) is 11.8 Å². The quantitative estimate of drug-likeness (QED) is 0.879. The molecule has 0 aliphatic heterocycles. The van der Waals surface area contributed by atoms with E-state index in [1.165, 1.54) is 6.42 Å². The highest BCUT2D eigenvalue weighted by atomic mass is 32.1. The smallest absolute Gasteiger partial charge is 0.185 e. The van der Waals surface area contributed by atoms with Gasteiger partial charge in [-0.2, -0.15) is 0 Å². The van der Waals surface area contributed by atoms with E-state index in [9.17, 15) is 5.11 Å². The van der Waals surface area contributed by atoms with E-state index in [0.717, 1.165) is 34.1 Å². The van der Waals surface area contributed by atoms with Gasteiger partial charge in [0.15, 0.2) is 5.13 Å². The van der Waals surface area contributed by atoms with Gasteiger partial charge in [-0.15, -0.1) is 0 Å². The molecule has 1 aliphatic rings.